The predicted molar refractivity (Wildman–Crippen MR) is 70.6 cm³/mol. The van der Waals surface area contributed by atoms with Crippen molar-refractivity contribution in [3.63, 3.8) is 0 Å². The third-order valence-corrected chi connectivity index (χ3v) is 4.19. The van der Waals surface area contributed by atoms with Gasteiger partial charge >= 0.3 is 0 Å². The van der Waals surface area contributed by atoms with Crippen molar-refractivity contribution in [2.75, 3.05) is 13.1 Å². The van der Waals surface area contributed by atoms with Crippen LogP contribution in [0.1, 0.15) is 34.8 Å². The van der Waals surface area contributed by atoms with E-state index in [1.54, 1.807) is 5.38 Å². The topological polar surface area (TPSA) is 88.2 Å². The molecule has 1 aliphatic rings. The van der Waals surface area contributed by atoms with Crippen LogP contribution in [0.5, 0.6) is 0 Å². The summed E-state index contributed by atoms with van der Waals surface area (Å²) in [5.74, 6) is 0.0321. The molecule has 2 unspecified atom stereocenters. The van der Waals surface area contributed by atoms with Crippen molar-refractivity contribution in [1.29, 1.82) is 0 Å². The van der Waals surface area contributed by atoms with Gasteiger partial charge in [0.15, 0.2) is 0 Å². The number of nitrogens with zero attached hydrogens (tertiary/aromatic N) is 1. The van der Waals surface area contributed by atoms with Gasteiger partial charge in [0.2, 0.25) is 0 Å². The molecule has 2 atom stereocenters. The van der Waals surface area contributed by atoms with Gasteiger partial charge in [-0.1, -0.05) is 6.42 Å². The van der Waals surface area contributed by atoms with Gasteiger partial charge in [-0.05, 0) is 19.4 Å². The molecule has 0 aromatic carbocycles. The summed E-state index contributed by atoms with van der Waals surface area (Å²) in [6.07, 6.45) is 3.31. The number of hydrogen-bond acceptors (Lipinski definition) is 5. The molecule has 1 saturated carbocycles. The molecule has 0 spiro atoms. The summed E-state index contributed by atoms with van der Waals surface area (Å²) in [6.45, 7) is 1.08. The number of nitrogens with two attached hydrogens (primary N) is 1. The molecule has 5 nitrogen and oxygen atoms in total. The molecule has 0 aliphatic heterocycles. The van der Waals surface area contributed by atoms with E-state index in [0.717, 1.165) is 24.3 Å². The molecule has 1 heterocycles. The number of nitrogens with one attached hydrogen (secondary N) is 1. The van der Waals surface area contributed by atoms with Crippen LogP contribution in [0.3, 0.4) is 0 Å². The lowest BCUT2D eigenvalue weighted by molar-refractivity contribution is 0.0912. The number of aliphatic hydroxyl groups is 1. The summed E-state index contributed by atoms with van der Waals surface area (Å²) in [7, 11) is 0. The first-order chi connectivity index (χ1) is 8.70. The third kappa shape index (κ3) is 3.28. The summed E-state index contributed by atoms with van der Waals surface area (Å²) in [5, 5.41) is 15.2. The van der Waals surface area contributed by atoms with E-state index >= 15 is 0 Å². The fourth-order valence-electron chi connectivity index (χ4n) is 2.22. The lowest BCUT2D eigenvalue weighted by atomic mass is 10.1. The van der Waals surface area contributed by atoms with Crippen molar-refractivity contribution in [3.05, 3.63) is 16.1 Å². The highest BCUT2D eigenvalue weighted by Gasteiger charge is 2.25. The van der Waals surface area contributed by atoms with Gasteiger partial charge in [-0.2, -0.15) is 0 Å². The summed E-state index contributed by atoms with van der Waals surface area (Å²) in [4.78, 5) is 16.1. The van der Waals surface area contributed by atoms with E-state index < -0.39 is 0 Å². The van der Waals surface area contributed by atoms with Crippen molar-refractivity contribution in [3.8, 4) is 0 Å². The van der Waals surface area contributed by atoms with Crippen LogP contribution < -0.4 is 11.1 Å². The molecule has 1 aromatic rings. The zero-order chi connectivity index (χ0) is 13.0. The van der Waals surface area contributed by atoms with Crippen LogP contribution in [-0.2, 0) is 6.42 Å². The van der Waals surface area contributed by atoms with Crippen LogP contribution in [0.4, 0.5) is 0 Å². The van der Waals surface area contributed by atoms with Gasteiger partial charge in [-0.25, -0.2) is 4.98 Å². The number of carbonyl (C=O) groups excluding carboxylic acids is 1. The van der Waals surface area contributed by atoms with Gasteiger partial charge in [-0.15, -0.1) is 11.3 Å². The van der Waals surface area contributed by atoms with Crippen molar-refractivity contribution < 1.29 is 9.90 Å². The van der Waals surface area contributed by atoms with Crippen LogP contribution in [0, 0.1) is 5.92 Å². The first-order valence-electron chi connectivity index (χ1n) is 6.31. The standard InChI is InChI=1S/C12H19N3O2S/c13-5-4-11-15-9(7-18-11)12(17)14-6-8-2-1-3-10(8)16/h7-8,10,16H,1-6,13H2,(H,14,17). The maximum Gasteiger partial charge on any atom is 0.270 e. The smallest absolute Gasteiger partial charge is 0.270 e. The molecule has 0 saturated heterocycles. The van der Waals surface area contributed by atoms with Gasteiger partial charge in [0.1, 0.15) is 5.69 Å². The van der Waals surface area contributed by atoms with Crippen LogP contribution in [0.2, 0.25) is 0 Å². The number of rotatable bonds is 5. The summed E-state index contributed by atoms with van der Waals surface area (Å²) >= 11 is 1.46. The van der Waals surface area contributed by atoms with E-state index in [1.165, 1.54) is 11.3 Å². The quantitative estimate of drug-likeness (QED) is 0.728. The second-order valence-electron chi connectivity index (χ2n) is 4.63. The molecule has 1 aliphatic carbocycles. The summed E-state index contributed by atoms with van der Waals surface area (Å²) in [5.41, 5.74) is 5.90. The SMILES string of the molecule is NCCc1nc(C(=O)NCC2CCCC2O)cs1. The molecular formula is C12H19N3O2S. The van der Waals surface area contributed by atoms with Crippen LogP contribution in [0.15, 0.2) is 5.38 Å². The van der Waals surface area contributed by atoms with E-state index in [9.17, 15) is 9.90 Å². The molecule has 1 fully saturated rings. The first kappa shape index (κ1) is 13.5. The zero-order valence-electron chi connectivity index (χ0n) is 10.3. The Bertz CT molecular complexity index is 408. The normalized spacial score (nSPS) is 23.2. The Morgan fingerprint density at radius 1 is 1.61 bits per heavy atom. The molecule has 0 bridgehead atoms. The van der Waals surface area contributed by atoms with Crippen molar-refractivity contribution in [1.82, 2.24) is 10.3 Å². The average Bonchev–Trinajstić information content (AvgIpc) is 2.96. The molecule has 0 radical (unpaired) electrons. The van der Waals surface area contributed by atoms with Crippen molar-refractivity contribution in [2.24, 2.45) is 11.7 Å². The predicted octanol–water partition coefficient (Wildman–Crippen LogP) is 0.535. The lowest BCUT2D eigenvalue weighted by Gasteiger charge is -2.14. The van der Waals surface area contributed by atoms with E-state index in [0.29, 0.717) is 25.2 Å². The van der Waals surface area contributed by atoms with Crippen LogP contribution in [0.25, 0.3) is 0 Å². The Balaban J connectivity index is 1.83. The Morgan fingerprint density at radius 2 is 2.44 bits per heavy atom. The van der Waals surface area contributed by atoms with Crippen LogP contribution >= 0.6 is 11.3 Å². The van der Waals surface area contributed by atoms with Gasteiger partial charge in [0.05, 0.1) is 11.1 Å². The van der Waals surface area contributed by atoms with E-state index in [2.05, 4.69) is 10.3 Å². The monoisotopic (exact) mass is 269 g/mol. The maximum atomic E-state index is 11.8. The van der Waals surface area contributed by atoms with Crippen LogP contribution in [-0.4, -0.2) is 35.2 Å². The lowest BCUT2D eigenvalue weighted by Crippen LogP contribution is -2.32. The number of hydrogen-bond donors (Lipinski definition) is 3. The number of amides is 1. The Morgan fingerprint density at radius 3 is 3.11 bits per heavy atom. The highest BCUT2D eigenvalue weighted by molar-refractivity contribution is 7.09. The molecule has 1 amide bonds. The fraction of sp³-hybridized carbons (Fsp3) is 0.667. The van der Waals surface area contributed by atoms with E-state index in [1.807, 2.05) is 0 Å². The van der Waals surface area contributed by atoms with Gasteiger partial charge in [-0.3, -0.25) is 4.79 Å². The van der Waals surface area contributed by atoms with Crippen molar-refractivity contribution >= 4 is 17.2 Å². The zero-order valence-corrected chi connectivity index (χ0v) is 11.1. The van der Waals surface area contributed by atoms with Gasteiger partial charge < -0.3 is 16.2 Å². The second-order valence-corrected chi connectivity index (χ2v) is 5.58. The molecule has 6 heteroatoms. The molecule has 4 N–H and O–H groups in total. The molecule has 18 heavy (non-hydrogen) atoms. The highest BCUT2D eigenvalue weighted by Crippen LogP contribution is 2.24. The first-order valence-corrected chi connectivity index (χ1v) is 7.19. The Labute approximate surface area is 110 Å². The molecule has 2 rings (SSSR count). The molecular weight excluding hydrogens is 250 g/mol. The highest BCUT2D eigenvalue weighted by atomic mass is 32.1. The maximum absolute atomic E-state index is 11.8. The second kappa shape index (κ2) is 6.26. The number of aromatic nitrogens is 1. The minimum atomic E-state index is -0.270. The average molecular weight is 269 g/mol. The van der Waals surface area contributed by atoms with Gasteiger partial charge in [0.25, 0.3) is 5.91 Å². The van der Waals surface area contributed by atoms with Crippen molar-refractivity contribution in [2.45, 2.75) is 31.8 Å². The third-order valence-electron chi connectivity index (χ3n) is 3.29. The van der Waals surface area contributed by atoms with Gasteiger partial charge in [0, 0.05) is 24.3 Å². The van der Waals surface area contributed by atoms with E-state index in [-0.39, 0.29) is 17.9 Å². The largest absolute Gasteiger partial charge is 0.393 e. The Kier molecular flexibility index (Phi) is 4.68. The number of carbonyl (C=O) groups is 1. The minimum absolute atomic E-state index is 0.159. The van der Waals surface area contributed by atoms with E-state index in [4.69, 9.17) is 5.73 Å². The fourth-order valence-corrected chi connectivity index (χ4v) is 3.02. The summed E-state index contributed by atoms with van der Waals surface area (Å²) < 4.78 is 0. The summed E-state index contributed by atoms with van der Waals surface area (Å²) in [6, 6.07) is 0. The molecule has 1 aromatic heterocycles. The minimum Gasteiger partial charge on any atom is -0.393 e. The Hall–Kier alpha value is -0.980. The number of thiazole rings is 1. The molecule has 100 valence electrons. The number of aliphatic hydroxyl groups excluding tert-OH is 1.